The van der Waals surface area contributed by atoms with Gasteiger partial charge in [0, 0.05) is 58.6 Å². The number of carboxylic acids is 1. The van der Waals surface area contributed by atoms with E-state index in [2.05, 4.69) is 15.2 Å². The Bertz CT molecular complexity index is 2620. The van der Waals surface area contributed by atoms with E-state index in [0.717, 1.165) is 81.4 Å². The zero-order valence-corrected chi connectivity index (χ0v) is 45.6. The summed E-state index contributed by atoms with van der Waals surface area (Å²) in [5, 5.41) is 23.5. The average Bonchev–Trinajstić information content (AvgIpc) is 3.54. The molecule has 1 aromatic heterocycles. The minimum atomic E-state index is -1.31. The highest BCUT2D eigenvalue weighted by Crippen LogP contribution is 2.43. The Morgan fingerprint density at radius 3 is 1.87 bits per heavy atom. The number of nitrogens with zero attached hydrogens (tertiary/aromatic N) is 2. The van der Waals surface area contributed by atoms with Crippen LogP contribution in [0.4, 0.5) is 0 Å². The Balaban J connectivity index is 1.04. The van der Waals surface area contributed by atoms with Crippen molar-refractivity contribution in [2.75, 3.05) is 53.7 Å². The van der Waals surface area contributed by atoms with Crippen molar-refractivity contribution in [3.63, 3.8) is 0 Å². The Hall–Kier alpha value is -6.42. The zero-order valence-electron chi connectivity index (χ0n) is 45.6. The summed E-state index contributed by atoms with van der Waals surface area (Å²) < 4.78 is 49.6. The fourth-order valence-electron chi connectivity index (χ4n) is 10.2. The molecule has 425 valence electrons. The maximum atomic E-state index is 13.4. The number of methoxy groups -OCH3 is 2. The Labute approximate surface area is 455 Å². The third kappa shape index (κ3) is 16.6. The van der Waals surface area contributed by atoms with E-state index in [-0.39, 0.29) is 13.2 Å². The third-order valence-electron chi connectivity index (χ3n) is 14.0. The molecule has 0 saturated carbocycles. The minimum absolute atomic E-state index is 0.0888. The minimum Gasteiger partial charge on any atom is -0.497 e. The molecular weight excluding hydrogens is 1010 g/mol. The number of hydrogen-bond donors (Lipinski definition) is 4. The van der Waals surface area contributed by atoms with Crippen LogP contribution in [0.3, 0.4) is 0 Å². The molecular formula is C58H77N4O16. The lowest BCUT2D eigenvalue weighted by atomic mass is 9.79. The van der Waals surface area contributed by atoms with Gasteiger partial charge >= 0.3 is 23.6 Å². The number of rotatable bonds is 30. The largest absolute Gasteiger partial charge is 0.497 e. The van der Waals surface area contributed by atoms with Gasteiger partial charge in [-0.15, -0.1) is 0 Å². The van der Waals surface area contributed by atoms with Crippen molar-refractivity contribution in [2.45, 2.75) is 146 Å². The number of aromatic amines is 1. The Morgan fingerprint density at radius 2 is 1.33 bits per heavy atom. The molecule has 20 heteroatoms. The molecule has 0 bridgehead atoms. The molecule has 3 heterocycles. The van der Waals surface area contributed by atoms with Crippen molar-refractivity contribution in [2.24, 2.45) is 0 Å². The number of nitrogens with one attached hydrogen (secondary N) is 2. The van der Waals surface area contributed by atoms with E-state index >= 15 is 0 Å². The van der Waals surface area contributed by atoms with Crippen LogP contribution in [-0.4, -0.2) is 138 Å². The van der Waals surface area contributed by atoms with Crippen molar-refractivity contribution in [1.29, 1.82) is 0 Å². The van der Waals surface area contributed by atoms with E-state index in [4.69, 9.17) is 37.9 Å². The predicted octanol–water partition coefficient (Wildman–Crippen LogP) is 6.12. The summed E-state index contributed by atoms with van der Waals surface area (Å²) in [5.41, 5.74) is -0.826. The SMILES string of the molecule is COc1ccc(C(OC[C@]2(CO)CN(CCCCCCCCCCCCO[C@@H]3O[C@H]([CH]CC(=O)O)[C@@H](OC(C)=O)[C@H](OC(C)=O)[C@H]3NC(C)=O)C[C@H](n3cc(C)c(=O)[nH]c3=O)O2)(c2ccccc2)c2ccc(OC)cc2)cc1. The maximum Gasteiger partial charge on any atom is 0.330 e. The number of aryl methyl sites for hydroxylation is 1. The van der Waals surface area contributed by atoms with Crippen molar-refractivity contribution < 1.29 is 67.3 Å². The molecule has 1 amide bonds. The molecule has 7 atom stereocenters. The summed E-state index contributed by atoms with van der Waals surface area (Å²) in [4.78, 5) is 78.4. The number of aromatic nitrogens is 2. The Morgan fingerprint density at radius 1 is 0.782 bits per heavy atom. The van der Waals surface area contributed by atoms with Gasteiger partial charge in [-0.25, -0.2) is 4.79 Å². The molecule has 1 radical (unpaired) electrons. The van der Waals surface area contributed by atoms with Gasteiger partial charge in [-0.05, 0) is 67.3 Å². The molecule has 4 N–H and O–H groups in total. The van der Waals surface area contributed by atoms with Gasteiger partial charge in [0.25, 0.3) is 5.56 Å². The van der Waals surface area contributed by atoms with Crippen molar-refractivity contribution in [3.8, 4) is 11.5 Å². The molecule has 2 saturated heterocycles. The van der Waals surface area contributed by atoms with Crippen LogP contribution in [0.25, 0.3) is 0 Å². The quantitative estimate of drug-likeness (QED) is 0.0261. The number of ether oxygens (including phenoxy) is 8. The van der Waals surface area contributed by atoms with Crippen molar-refractivity contribution in [3.05, 3.63) is 135 Å². The van der Waals surface area contributed by atoms with Crippen molar-refractivity contribution in [1.82, 2.24) is 19.8 Å². The summed E-state index contributed by atoms with van der Waals surface area (Å²) in [6, 6.07) is 24.1. The normalized spacial score (nSPS) is 21.6. The first-order valence-electron chi connectivity index (χ1n) is 26.8. The van der Waals surface area contributed by atoms with Gasteiger partial charge in [-0.3, -0.25) is 38.4 Å². The van der Waals surface area contributed by atoms with Gasteiger partial charge in [0.2, 0.25) is 5.91 Å². The summed E-state index contributed by atoms with van der Waals surface area (Å²) in [5.74, 6) is -1.66. The second-order valence-electron chi connectivity index (χ2n) is 20.0. The first-order valence-corrected chi connectivity index (χ1v) is 26.8. The topological polar surface area (TPSA) is 253 Å². The van der Waals surface area contributed by atoms with E-state index in [0.29, 0.717) is 43.1 Å². The highest BCUT2D eigenvalue weighted by molar-refractivity contribution is 5.74. The van der Waals surface area contributed by atoms with Gasteiger partial charge in [0.1, 0.15) is 34.8 Å². The Kier molecular flexibility index (Phi) is 23.0. The van der Waals surface area contributed by atoms with Crippen LogP contribution in [-0.2, 0) is 53.2 Å². The molecule has 2 aliphatic rings. The smallest absolute Gasteiger partial charge is 0.330 e. The fraction of sp³-hybridized carbons (Fsp3) is 0.534. The molecule has 0 aliphatic carbocycles. The number of hydrogen-bond acceptors (Lipinski definition) is 16. The number of aliphatic hydroxyl groups is 1. The lowest BCUT2D eigenvalue weighted by Gasteiger charge is -2.47. The summed E-state index contributed by atoms with van der Waals surface area (Å²) in [6.07, 6.45) is 6.39. The van der Waals surface area contributed by atoms with E-state index in [9.17, 15) is 39.0 Å². The number of carboxylic acid groups (broad SMARTS) is 1. The highest BCUT2D eigenvalue weighted by Gasteiger charge is 2.51. The first-order chi connectivity index (χ1) is 37.5. The van der Waals surface area contributed by atoms with Crippen LogP contribution in [0.15, 0.2) is 94.6 Å². The number of morpholine rings is 1. The summed E-state index contributed by atoms with van der Waals surface area (Å²) >= 11 is 0. The third-order valence-corrected chi connectivity index (χ3v) is 14.0. The number of unbranched alkanes of at least 4 members (excludes halogenated alkanes) is 9. The molecule has 0 unspecified atom stereocenters. The second-order valence-corrected chi connectivity index (χ2v) is 20.0. The first kappa shape index (κ1) is 60.8. The van der Waals surface area contributed by atoms with Gasteiger partial charge in [0.15, 0.2) is 24.7 Å². The van der Waals surface area contributed by atoms with Crippen LogP contribution in [0.1, 0.15) is 120 Å². The van der Waals surface area contributed by atoms with Crippen LogP contribution in [0.5, 0.6) is 11.5 Å². The molecule has 0 spiro atoms. The van der Waals surface area contributed by atoms with Crippen LogP contribution < -0.4 is 26.0 Å². The molecule has 6 rings (SSSR count). The molecule has 20 nitrogen and oxygen atoms in total. The average molecular weight is 1090 g/mol. The lowest BCUT2D eigenvalue weighted by molar-refractivity contribution is -0.265. The van der Waals surface area contributed by atoms with E-state index in [1.54, 1.807) is 21.1 Å². The van der Waals surface area contributed by atoms with E-state index in [1.165, 1.54) is 31.0 Å². The number of carbonyl (C=O) groups excluding carboxylic acids is 3. The van der Waals surface area contributed by atoms with Gasteiger partial charge in [0.05, 0.1) is 33.9 Å². The fourth-order valence-corrected chi connectivity index (χ4v) is 10.2. The number of aliphatic hydroxyl groups excluding tert-OH is 1. The monoisotopic (exact) mass is 1090 g/mol. The van der Waals surface area contributed by atoms with Crippen LogP contribution in [0, 0.1) is 13.3 Å². The number of aliphatic carboxylic acids is 1. The number of amides is 1. The number of carbonyl (C=O) groups is 4. The molecule has 2 aliphatic heterocycles. The number of H-pyrrole nitrogens is 1. The maximum absolute atomic E-state index is 13.4. The summed E-state index contributed by atoms with van der Waals surface area (Å²) in [7, 11) is 3.22. The standard InChI is InChI=1S/C58H77N4O16/c1-39-34-62(56(70)60-54(39)69)49-35-61(36-57(37-63,78-49)38-74-58(43-20-16-15-17-21-43,44-22-26-46(71-5)27-23-44)45-24-28-47(72-6)29-25-45)32-18-13-11-9-7-8-10-12-14-19-33-73-55-51(59-40(2)64)53(76-42(4)66)52(75-41(3)65)48(77-55)30-31-50(67)68/h15-17,20-30,34,48-49,51-53,55,63H,7-14,18-19,31-33,35-38H2,1-6H3,(H,59,64)(H,67,68)(H,60,69,70)/t48-,49-,51-,52-,53-,55-,57-/m1/s1. The molecule has 3 aromatic carbocycles. The highest BCUT2D eigenvalue weighted by atomic mass is 16.7. The van der Waals surface area contributed by atoms with E-state index in [1.807, 2.05) is 78.9 Å². The van der Waals surface area contributed by atoms with Gasteiger partial charge < -0.3 is 53.4 Å². The van der Waals surface area contributed by atoms with Crippen molar-refractivity contribution >= 4 is 23.8 Å². The number of esters is 2. The summed E-state index contributed by atoms with van der Waals surface area (Å²) in [6.45, 7) is 6.28. The van der Waals surface area contributed by atoms with Crippen LogP contribution >= 0.6 is 0 Å². The molecule has 4 aromatic rings. The van der Waals surface area contributed by atoms with Gasteiger partial charge in [-0.1, -0.05) is 106 Å². The number of benzene rings is 3. The second kappa shape index (κ2) is 29.5. The van der Waals surface area contributed by atoms with E-state index < -0.39 is 96.2 Å². The molecule has 2 fully saturated rings. The lowest BCUT2D eigenvalue weighted by Crippen LogP contribution is -2.66. The van der Waals surface area contributed by atoms with Crippen LogP contribution in [0.2, 0.25) is 0 Å². The predicted molar refractivity (Wildman–Crippen MR) is 287 cm³/mol. The van der Waals surface area contributed by atoms with Gasteiger partial charge in [-0.2, -0.15) is 0 Å². The molecule has 78 heavy (non-hydrogen) atoms. The zero-order chi connectivity index (χ0) is 56.2.